The molecule has 1 N–H and O–H groups in total. The average Bonchev–Trinajstić information content (AvgIpc) is 2.43. The van der Waals surface area contributed by atoms with Crippen molar-refractivity contribution in [3.63, 3.8) is 0 Å². The third-order valence-electron chi connectivity index (χ3n) is 2.97. The number of benzene rings is 2. The van der Waals surface area contributed by atoms with E-state index in [2.05, 4.69) is 34.2 Å². The Morgan fingerprint density at radius 2 is 2.00 bits per heavy atom. The van der Waals surface area contributed by atoms with Crippen LogP contribution in [0.15, 0.2) is 53.0 Å². The van der Waals surface area contributed by atoms with E-state index in [1.807, 2.05) is 42.5 Å². The van der Waals surface area contributed by atoms with Crippen molar-refractivity contribution < 1.29 is 4.74 Å². The van der Waals surface area contributed by atoms with Crippen LogP contribution in [0.4, 0.5) is 0 Å². The van der Waals surface area contributed by atoms with E-state index in [9.17, 15) is 0 Å². The first kappa shape index (κ1) is 15.4. The monoisotopic (exact) mass is 353 g/mol. The van der Waals surface area contributed by atoms with Gasteiger partial charge in [0.05, 0.1) is 0 Å². The average molecular weight is 355 g/mol. The Hall–Kier alpha value is -1.03. The fourth-order valence-electron chi connectivity index (χ4n) is 1.89. The molecular formula is C16H17BrClNO. The molecule has 4 heteroatoms. The second kappa shape index (κ2) is 7.67. The smallest absolute Gasteiger partial charge is 0.120 e. The summed E-state index contributed by atoms with van der Waals surface area (Å²) in [5.74, 6) is 0.872. The molecule has 20 heavy (non-hydrogen) atoms. The molecule has 0 saturated heterocycles. The van der Waals surface area contributed by atoms with Gasteiger partial charge in [0, 0.05) is 22.1 Å². The van der Waals surface area contributed by atoms with Gasteiger partial charge in [-0.15, -0.1) is 0 Å². The molecule has 0 fully saturated rings. The number of ether oxygens (including phenoxy) is 1. The molecule has 0 radical (unpaired) electrons. The van der Waals surface area contributed by atoms with Crippen LogP contribution >= 0.6 is 27.5 Å². The Morgan fingerprint density at radius 1 is 1.20 bits per heavy atom. The van der Waals surface area contributed by atoms with E-state index in [1.54, 1.807) is 0 Å². The molecule has 0 bridgehead atoms. The van der Waals surface area contributed by atoms with E-state index >= 15 is 0 Å². The SMILES string of the molecule is C[C@@H](NCCOc1cccc(Br)c1)c1cccc(Cl)c1. The van der Waals surface area contributed by atoms with Crippen LogP contribution in [0.2, 0.25) is 5.02 Å². The van der Waals surface area contributed by atoms with Crippen molar-refractivity contribution in [2.24, 2.45) is 0 Å². The molecule has 0 aliphatic heterocycles. The predicted molar refractivity (Wildman–Crippen MR) is 87.5 cm³/mol. The zero-order chi connectivity index (χ0) is 14.4. The minimum atomic E-state index is 0.250. The van der Waals surface area contributed by atoms with Crippen molar-refractivity contribution >= 4 is 27.5 Å². The molecule has 0 aliphatic rings. The normalized spacial score (nSPS) is 12.2. The molecule has 2 nitrogen and oxygen atoms in total. The number of nitrogens with one attached hydrogen (secondary N) is 1. The van der Waals surface area contributed by atoms with Crippen molar-refractivity contribution in [3.05, 3.63) is 63.6 Å². The highest BCUT2D eigenvalue weighted by Crippen LogP contribution is 2.18. The predicted octanol–water partition coefficient (Wildman–Crippen LogP) is 4.83. The van der Waals surface area contributed by atoms with Crippen LogP contribution in [-0.4, -0.2) is 13.2 Å². The molecule has 0 unspecified atom stereocenters. The number of rotatable bonds is 6. The maximum absolute atomic E-state index is 5.99. The van der Waals surface area contributed by atoms with Gasteiger partial charge in [0.15, 0.2) is 0 Å². The van der Waals surface area contributed by atoms with Crippen LogP contribution in [0.3, 0.4) is 0 Å². The Balaban J connectivity index is 1.76. The van der Waals surface area contributed by atoms with Gasteiger partial charge in [0.25, 0.3) is 0 Å². The van der Waals surface area contributed by atoms with Gasteiger partial charge in [0.2, 0.25) is 0 Å². The van der Waals surface area contributed by atoms with E-state index in [1.165, 1.54) is 5.56 Å². The molecule has 0 aliphatic carbocycles. The number of hydrogen-bond acceptors (Lipinski definition) is 2. The largest absolute Gasteiger partial charge is 0.492 e. The summed E-state index contributed by atoms with van der Waals surface area (Å²) in [5, 5.41) is 4.18. The third-order valence-corrected chi connectivity index (χ3v) is 3.69. The van der Waals surface area contributed by atoms with Gasteiger partial charge in [-0.05, 0) is 42.8 Å². The third kappa shape index (κ3) is 4.82. The summed E-state index contributed by atoms with van der Waals surface area (Å²) in [6.45, 7) is 3.52. The molecule has 2 aromatic carbocycles. The van der Waals surface area contributed by atoms with Crippen molar-refractivity contribution in [1.29, 1.82) is 0 Å². The molecular weight excluding hydrogens is 338 g/mol. The first-order valence-electron chi connectivity index (χ1n) is 6.52. The molecule has 2 rings (SSSR count). The maximum atomic E-state index is 5.99. The van der Waals surface area contributed by atoms with Crippen LogP contribution in [0, 0.1) is 0 Å². The van der Waals surface area contributed by atoms with Gasteiger partial charge in [0.1, 0.15) is 12.4 Å². The van der Waals surface area contributed by atoms with Gasteiger partial charge in [-0.1, -0.05) is 45.7 Å². The number of halogens is 2. The van der Waals surface area contributed by atoms with Crippen molar-refractivity contribution in [1.82, 2.24) is 5.32 Å². The summed E-state index contributed by atoms with van der Waals surface area (Å²) in [6.07, 6.45) is 0. The highest BCUT2D eigenvalue weighted by Gasteiger charge is 2.04. The summed E-state index contributed by atoms with van der Waals surface area (Å²) in [6, 6.07) is 16.0. The second-order valence-corrected chi connectivity index (χ2v) is 5.89. The van der Waals surface area contributed by atoms with Gasteiger partial charge >= 0.3 is 0 Å². The second-order valence-electron chi connectivity index (χ2n) is 4.54. The van der Waals surface area contributed by atoms with Crippen LogP contribution < -0.4 is 10.1 Å². The topological polar surface area (TPSA) is 21.3 Å². The number of hydrogen-bond donors (Lipinski definition) is 1. The molecule has 106 valence electrons. The lowest BCUT2D eigenvalue weighted by Crippen LogP contribution is -2.24. The lowest BCUT2D eigenvalue weighted by molar-refractivity contribution is 0.307. The fourth-order valence-corrected chi connectivity index (χ4v) is 2.47. The van der Waals surface area contributed by atoms with Crippen LogP contribution in [0.5, 0.6) is 5.75 Å². The molecule has 0 spiro atoms. The van der Waals surface area contributed by atoms with Crippen LogP contribution in [0.1, 0.15) is 18.5 Å². The highest BCUT2D eigenvalue weighted by atomic mass is 79.9. The Bertz CT molecular complexity index is 562. The first-order valence-corrected chi connectivity index (χ1v) is 7.69. The lowest BCUT2D eigenvalue weighted by atomic mass is 10.1. The summed E-state index contributed by atoms with van der Waals surface area (Å²) in [7, 11) is 0. The molecule has 1 atom stereocenters. The van der Waals surface area contributed by atoms with E-state index in [4.69, 9.17) is 16.3 Å². The molecule has 0 saturated carbocycles. The minimum absolute atomic E-state index is 0.250. The summed E-state index contributed by atoms with van der Waals surface area (Å²) in [5.41, 5.74) is 1.18. The van der Waals surface area contributed by atoms with Crippen molar-refractivity contribution in [3.8, 4) is 5.75 Å². The Morgan fingerprint density at radius 3 is 2.75 bits per heavy atom. The minimum Gasteiger partial charge on any atom is -0.492 e. The van der Waals surface area contributed by atoms with Crippen LogP contribution in [0.25, 0.3) is 0 Å². The van der Waals surface area contributed by atoms with Crippen molar-refractivity contribution in [2.45, 2.75) is 13.0 Å². The zero-order valence-electron chi connectivity index (χ0n) is 11.3. The van der Waals surface area contributed by atoms with Gasteiger partial charge in [-0.25, -0.2) is 0 Å². The van der Waals surface area contributed by atoms with Crippen LogP contribution in [-0.2, 0) is 0 Å². The molecule has 2 aromatic rings. The first-order chi connectivity index (χ1) is 9.65. The quantitative estimate of drug-likeness (QED) is 0.750. The summed E-state index contributed by atoms with van der Waals surface area (Å²) >= 11 is 9.41. The highest BCUT2D eigenvalue weighted by molar-refractivity contribution is 9.10. The molecule has 0 aromatic heterocycles. The van der Waals surface area contributed by atoms with Gasteiger partial charge in [-0.2, -0.15) is 0 Å². The van der Waals surface area contributed by atoms with E-state index in [0.29, 0.717) is 6.61 Å². The lowest BCUT2D eigenvalue weighted by Gasteiger charge is -2.15. The van der Waals surface area contributed by atoms with Crippen molar-refractivity contribution in [2.75, 3.05) is 13.2 Å². The summed E-state index contributed by atoms with van der Waals surface area (Å²) < 4.78 is 6.70. The maximum Gasteiger partial charge on any atom is 0.120 e. The fraction of sp³-hybridized carbons (Fsp3) is 0.250. The van der Waals surface area contributed by atoms with Gasteiger partial charge < -0.3 is 10.1 Å². The Kier molecular flexibility index (Phi) is 5.89. The molecule has 0 heterocycles. The summed E-state index contributed by atoms with van der Waals surface area (Å²) in [4.78, 5) is 0. The standard InChI is InChI=1S/C16H17BrClNO/c1-12(13-4-2-6-15(18)10-13)19-8-9-20-16-7-3-5-14(17)11-16/h2-7,10-12,19H,8-9H2,1H3/t12-/m1/s1. The van der Waals surface area contributed by atoms with Gasteiger partial charge in [-0.3, -0.25) is 0 Å². The molecule has 0 amide bonds. The van der Waals surface area contributed by atoms with E-state index in [-0.39, 0.29) is 6.04 Å². The van der Waals surface area contributed by atoms with E-state index in [0.717, 1.165) is 21.8 Å². The Labute approximate surface area is 133 Å². The zero-order valence-corrected chi connectivity index (χ0v) is 13.6. The van der Waals surface area contributed by atoms with E-state index < -0.39 is 0 Å².